The summed E-state index contributed by atoms with van der Waals surface area (Å²) < 4.78 is 4.49. The Balaban J connectivity index is 3.08. The molecule has 0 saturated heterocycles. The van der Waals surface area contributed by atoms with E-state index in [9.17, 15) is 14.9 Å². The Kier molecular flexibility index (Phi) is 3.84. The molecule has 0 heterocycles. The number of nitrogens with zero attached hydrogens (tertiary/aromatic N) is 1. The van der Waals surface area contributed by atoms with E-state index in [-0.39, 0.29) is 5.69 Å². The van der Waals surface area contributed by atoms with E-state index in [4.69, 9.17) is 11.6 Å². The van der Waals surface area contributed by atoms with Gasteiger partial charge in [-0.1, -0.05) is 0 Å². The molecule has 86 valence electrons. The number of nitro groups is 1. The summed E-state index contributed by atoms with van der Waals surface area (Å²) in [4.78, 5) is 21.2. The van der Waals surface area contributed by atoms with Gasteiger partial charge in [0.25, 0.3) is 5.69 Å². The van der Waals surface area contributed by atoms with E-state index in [1.165, 1.54) is 25.3 Å². The monoisotopic (exact) mass is 243 g/mol. The molecular weight excluding hydrogens is 234 g/mol. The van der Waals surface area contributed by atoms with E-state index in [0.29, 0.717) is 11.1 Å². The number of methoxy groups -OCH3 is 1. The molecule has 0 aliphatic heterocycles. The van der Waals surface area contributed by atoms with Crippen LogP contribution in [0.15, 0.2) is 18.2 Å². The number of carbonyl (C=O) groups excluding carboxylic acids is 1. The van der Waals surface area contributed by atoms with E-state index < -0.39 is 16.3 Å². The van der Waals surface area contributed by atoms with E-state index in [1.54, 1.807) is 6.92 Å². The van der Waals surface area contributed by atoms with Gasteiger partial charge in [0.2, 0.25) is 0 Å². The molecule has 1 atom stereocenters. The second kappa shape index (κ2) is 4.94. The number of esters is 1. The maximum atomic E-state index is 11.2. The average molecular weight is 244 g/mol. The Bertz CT molecular complexity index is 433. The van der Waals surface area contributed by atoms with Crippen molar-refractivity contribution in [1.82, 2.24) is 0 Å². The van der Waals surface area contributed by atoms with Gasteiger partial charge in [-0.15, -0.1) is 11.6 Å². The number of hydrogen-bond donors (Lipinski definition) is 0. The molecule has 0 bridgehead atoms. The largest absolute Gasteiger partial charge is 0.468 e. The molecule has 16 heavy (non-hydrogen) atoms. The molecule has 5 nitrogen and oxygen atoms in total. The van der Waals surface area contributed by atoms with Gasteiger partial charge < -0.3 is 4.74 Å². The lowest BCUT2D eigenvalue weighted by atomic mass is 10.0. The average Bonchev–Trinajstić information content (AvgIpc) is 2.26. The van der Waals surface area contributed by atoms with E-state index >= 15 is 0 Å². The maximum absolute atomic E-state index is 11.2. The van der Waals surface area contributed by atoms with E-state index in [1.807, 2.05) is 0 Å². The number of nitro benzene ring substituents is 1. The lowest BCUT2D eigenvalue weighted by Crippen LogP contribution is -2.10. The number of rotatable bonds is 3. The van der Waals surface area contributed by atoms with Crippen LogP contribution in [-0.4, -0.2) is 18.0 Å². The van der Waals surface area contributed by atoms with Gasteiger partial charge in [-0.25, -0.2) is 0 Å². The number of carbonyl (C=O) groups is 1. The second-order valence-electron chi connectivity index (χ2n) is 3.18. The minimum Gasteiger partial charge on any atom is -0.468 e. The number of ether oxygens (including phenoxy) is 1. The summed E-state index contributed by atoms with van der Waals surface area (Å²) >= 11 is 5.85. The van der Waals surface area contributed by atoms with Crippen molar-refractivity contribution in [2.45, 2.75) is 12.3 Å². The van der Waals surface area contributed by atoms with Gasteiger partial charge >= 0.3 is 5.97 Å². The van der Waals surface area contributed by atoms with Gasteiger partial charge in [-0.2, -0.15) is 0 Å². The fourth-order valence-electron chi connectivity index (χ4n) is 1.29. The number of benzene rings is 1. The Hall–Kier alpha value is -1.62. The molecule has 6 heteroatoms. The summed E-state index contributed by atoms with van der Waals surface area (Å²) in [6.45, 7) is 1.65. The number of hydrogen-bond acceptors (Lipinski definition) is 4. The molecule has 0 radical (unpaired) electrons. The molecule has 1 rings (SSSR count). The molecule has 0 fully saturated rings. The maximum Gasteiger partial charge on any atom is 0.328 e. The second-order valence-corrected chi connectivity index (χ2v) is 3.62. The van der Waals surface area contributed by atoms with Crippen molar-refractivity contribution < 1.29 is 14.5 Å². The fourth-order valence-corrected chi connectivity index (χ4v) is 1.62. The van der Waals surface area contributed by atoms with Crippen LogP contribution in [0.25, 0.3) is 0 Å². The summed E-state index contributed by atoms with van der Waals surface area (Å²) in [5.74, 6) is -0.585. The summed E-state index contributed by atoms with van der Waals surface area (Å²) in [6.07, 6.45) is 0. The first kappa shape index (κ1) is 12.4. The SMILES string of the molecule is COC(=O)C(Cl)c1ccc([N+](=O)[O-])cc1C. The summed E-state index contributed by atoms with van der Waals surface area (Å²) in [5, 5.41) is 9.57. The highest BCUT2D eigenvalue weighted by Crippen LogP contribution is 2.27. The molecule has 0 aliphatic rings. The Labute approximate surface area is 97.1 Å². The van der Waals surface area contributed by atoms with E-state index in [0.717, 1.165) is 0 Å². The van der Waals surface area contributed by atoms with Crippen molar-refractivity contribution >= 4 is 23.3 Å². The molecule has 0 aromatic heterocycles. The van der Waals surface area contributed by atoms with Gasteiger partial charge in [0.1, 0.15) is 0 Å². The molecule has 0 aliphatic carbocycles. The highest BCUT2D eigenvalue weighted by molar-refractivity contribution is 6.30. The van der Waals surface area contributed by atoms with Gasteiger partial charge in [0, 0.05) is 12.1 Å². The minimum atomic E-state index is -0.939. The number of halogens is 1. The molecule has 1 aromatic rings. The van der Waals surface area contributed by atoms with E-state index in [2.05, 4.69) is 4.74 Å². The van der Waals surface area contributed by atoms with Crippen LogP contribution in [0, 0.1) is 17.0 Å². The first-order valence-electron chi connectivity index (χ1n) is 4.44. The zero-order chi connectivity index (χ0) is 12.3. The lowest BCUT2D eigenvalue weighted by Gasteiger charge is -2.10. The fraction of sp³-hybridized carbons (Fsp3) is 0.300. The first-order valence-corrected chi connectivity index (χ1v) is 4.88. The standard InChI is InChI=1S/C10H10ClNO4/c1-6-5-7(12(14)15)3-4-8(6)9(11)10(13)16-2/h3-5,9H,1-2H3. The Morgan fingerprint density at radius 3 is 2.62 bits per heavy atom. The zero-order valence-corrected chi connectivity index (χ0v) is 9.52. The van der Waals surface area contributed by atoms with Crippen molar-refractivity contribution in [3.63, 3.8) is 0 Å². The molecule has 1 aromatic carbocycles. The molecule has 1 unspecified atom stereocenters. The third-order valence-electron chi connectivity index (χ3n) is 2.15. The van der Waals surface area contributed by atoms with Crippen molar-refractivity contribution in [3.05, 3.63) is 39.4 Å². The highest BCUT2D eigenvalue weighted by atomic mass is 35.5. The van der Waals surface area contributed by atoms with Crippen molar-refractivity contribution in [1.29, 1.82) is 0 Å². The Morgan fingerprint density at radius 1 is 1.56 bits per heavy atom. The molecule has 0 saturated carbocycles. The topological polar surface area (TPSA) is 69.4 Å². The smallest absolute Gasteiger partial charge is 0.328 e. The predicted octanol–water partition coefficient (Wildman–Crippen LogP) is 2.36. The van der Waals surface area contributed by atoms with Crippen LogP contribution in [0.3, 0.4) is 0 Å². The number of non-ortho nitro benzene ring substituents is 1. The van der Waals surface area contributed by atoms with Crippen molar-refractivity contribution in [3.8, 4) is 0 Å². The highest BCUT2D eigenvalue weighted by Gasteiger charge is 2.21. The van der Waals surface area contributed by atoms with Crippen LogP contribution in [0.1, 0.15) is 16.5 Å². The van der Waals surface area contributed by atoms with Crippen LogP contribution < -0.4 is 0 Å². The minimum absolute atomic E-state index is 0.0324. The lowest BCUT2D eigenvalue weighted by molar-refractivity contribution is -0.384. The summed E-state index contributed by atoms with van der Waals surface area (Å²) in [7, 11) is 1.23. The molecule has 0 spiro atoms. The molecule has 0 N–H and O–H groups in total. The van der Waals surface area contributed by atoms with Crippen molar-refractivity contribution in [2.24, 2.45) is 0 Å². The molecule has 0 amide bonds. The van der Waals surface area contributed by atoms with Crippen molar-refractivity contribution in [2.75, 3.05) is 7.11 Å². The van der Waals surface area contributed by atoms with Gasteiger partial charge in [0.05, 0.1) is 12.0 Å². The third kappa shape index (κ3) is 2.49. The van der Waals surface area contributed by atoms with Gasteiger partial charge in [-0.05, 0) is 24.1 Å². The number of aryl methyl sites for hydroxylation is 1. The van der Waals surface area contributed by atoms with Crippen LogP contribution in [-0.2, 0) is 9.53 Å². The van der Waals surface area contributed by atoms with Crippen LogP contribution in [0.4, 0.5) is 5.69 Å². The third-order valence-corrected chi connectivity index (χ3v) is 2.56. The molecular formula is C10H10ClNO4. The quantitative estimate of drug-likeness (QED) is 0.354. The predicted molar refractivity (Wildman–Crippen MR) is 58.4 cm³/mol. The number of alkyl halides is 1. The van der Waals surface area contributed by atoms with Crippen LogP contribution >= 0.6 is 11.6 Å². The Morgan fingerprint density at radius 2 is 2.19 bits per heavy atom. The van der Waals surface area contributed by atoms with Gasteiger partial charge in [0.15, 0.2) is 5.38 Å². The van der Waals surface area contributed by atoms with Gasteiger partial charge in [-0.3, -0.25) is 14.9 Å². The van der Waals surface area contributed by atoms with Crippen LogP contribution in [0.5, 0.6) is 0 Å². The normalized spacial score (nSPS) is 11.9. The zero-order valence-electron chi connectivity index (χ0n) is 8.77. The first-order chi connectivity index (χ1) is 7.47. The summed E-state index contributed by atoms with van der Waals surface area (Å²) in [6, 6.07) is 4.14. The summed E-state index contributed by atoms with van der Waals surface area (Å²) in [5.41, 5.74) is 1.06. The van der Waals surface area contributed by atoms with Crippen LogP contribution in [0.2, 0.25) is 0 Å².